The monoisotopic (exact) mass is 259 g/mol. The molecule has 0 amide bonds. The molecular formula is C13H25NO2S. The number of nitrogens with two attached hydrogens (primary N) is 1. The molecule has 0 saturated carbocycles. The minimum atomic E-state index is 0.0929. The van der Waals surface area contributed by atoms with E-state index >= 15 is 0 Å². The third-order valence-corrected chi connectivity index (χ3v) is 5.08. The maximum absolute atomic E-state index is 6.32. The van der Waals surface area contributed by atoms with Crippen molar-refractivity contribution in [1.29, 1.82) is 0 Å². The van der Waals surface area contributed by atoms with Gasteiger partial charge in [-0.15, -0.1) is 0 Å². The lowest BCUT2D eigenvalue weighted by molar-refractivity contribution is -0.148. The second-order valence-electron chi connectivity index (χ2n) is 5.22. The molecule has 0 aromatic heterocycles. The van der Waals surface area contributed by atoms with E-state index in [0.717, 1.165) is 57.0 Å². The maximum Gasteiger partial charge on any atom is 0.0729 e. The molecular weight excluding hydrogens is 234 g/mol. The summed E-state index contributed by atoms with van der Waals surface area (Å²) in [7, 11) is 0. The molecule has 2 rings (SSSR count). The Bertz CT molecular complexity index is 226. The van der Waals surface area contributed by atoms with E-state index in [-0.39, 0.29) is 5.60 Å². The van der Waals surface area contributed by atoms with Crippen LogP contribution < -0.4 is 5.73 Å². The van der Waals surface area contributed by atoms with Crippen LogP contribution in [0.3, 0.4) is 0 Å². The number of hydrogen-bond acceptors (Lipinski definition) is 4. The van der Waals surface area contributed by atoms with Crippen molar-refractivity contribution < 1.29 is 9.47 Å². The lowest BCUT2D eigenvalue weighted by Gasteiger charge is -2.44. The molecule has 0 aromatic rings. The molecule has 0 aliphatic carbocycles. The second-order valence-corrected chi connectivity index (χ2v) is 6.54. The summed E-state index contributed by atoms with van der Waals surface area (Å²) in [5, 5.41) is 0. The lowest BCUT2D eigenvalue weighted by atomic mass is 9.78. The minimum Gasteiger partial charge on any atom is -0.381 e. The van der Waals surface area contributed by atoms with Gasteiger partial charge in [-0.2, -0.15) is 11.8 Å². The molecule has 2 unspecified atom stereocenters. The largest absolute Gasteiger partial charge is 0.381 e. The molecule has 100 valence electrons. The van der Waals surface area contributed by atoms with E-state index in [4.69, 9.17) is 15.2 Å². The van der Waals surface area contributed by atoms with Gasteiger partial charge in [0.2, 0.25) is 0 Å². The molecule has 2 fully saturated rings. The topological polar surface area (TPSA) is 44.5 Å². The van der Waals surface area contributed by atoms with Crippen LogP contribution in [0.15, 0.2) is 0 Å². The van der Waals surface area contributed by atoms with Gasteiger partial charge in [0, 0.05) is 31.6 Å². The molecule has 0 radical (unpaired) electrons. The quantitative estimate of drug-likeness (QED) is 0.839. The maximum atomic E-state index is 6.32. The molecule has 2 aliphatic rings. The molecule has 4 heteroatoms. The highest BCUT2D eigenvalue weighted by Gasteiger charge is 2.40. The van der Waals surface area contributed by atoms with E-state index < -0.39 is 0 Å². The average molecular weight is 259 g/mol. The van der Waals surface area contributed by atoms with E-state index in [0.29, 0.717) is 12.0 Å². The second kappa shape index (κ2) is 6.41. The van der Waals surface area contributed by atoms with Crippen LogP contribution in [-0.2, 0) is 9.47 Å². The number of thioether (sulfide) groups is 1. The Hall–Kier alpha value is 0.230. The third-order valence-electron chi connectivity index (χ3n) is 4.06. The summed E-state index contributed by atoms with van der Waals surface area (Å²) >= 11 is 1.95. The zero-order chi connectivity index (χ0) is 12.1. The number of ether oxygens (including phenoxy) is 2. The van der Waals surface area contributed by atoms with E-state index in [1.165, 1.54) is 0 Å². The van der Waals surface area contributed by atoms with Crippen LogP contribution in [0.5, 0.6) is 0 Å². The first kappa shape index (κ1) is 13.7. The predicted molar refractivity (Wildman–Crippen MR) is 72.4 cm³/mol. The SMILES string of the molecule is CCSCC(N)C1CCOC2(CCOCC2)C1. The fourth-order valence-electron chi connectivity index (χ4n) is 2.91. The van der Waals surface area contributed by atoms with Gasteiger partial charge in [0.05, 0.1) is 5.60 Å². The Kier molecular flexibility index (Phi) is 5.15. The first-order valence-corrected chi connectivity index (χ1v) is 7.96. The Balaban J connectivity index is 1.87. The summed E-state index contributed by atoms with van der Waals surface area (Å²) in [6.45, 7) is 4.79. The van der Waals surface area contributed by atoms with E-state index in [9.17, 15) is 0 Å². The molecule has 2 atom stereocenters. The van der Waals surface area contributed by atoms with Crippen LogP contribution in [0.1, 0.15) is 32.6 Å². The first-order valence-electron chi connectivity index (χ1n) is 6.81. The Labute approximate surface area is 109 Å². The van der Waals surface area contributed by atoms with Gasteiger partial charge in [-0.25, -0.2) is 0 Å². The first-order chi connectivity index (χ1) is 8.26. The van der Waals surface area contributed by atoms with Crippen LogP contribution in [-0.4, -0.2) is 43.0 Å². The highest BCUT2D eigenvalue weighted by Crippen LogP contribution is 2.38. The summed E-state index contributed by atoms with van der Waals surface area (Å²) in [6.07, 6.45) is 4.38. The molecule has 17 heavy (non-hydrogen) atoms. The van der Waals surface area contributed by atoms with Crippen molar-refractivity contribution in [3.8, 4) is 0 Å². The molecule has 2 heterocycles. The minimum absolute atomic E-state index is 0.0929. The fraction of sp³-hybridized carbons (Fsp3) is 1.00. The van der Waals surface area contributed by atoms with Crippen molar-refractivity contribution in [3.63, 3.8) is 0 Å². The van der Waals surface area contributed by atoms with Gasteiger partial charge in [0.25, 0.3) is 0 Å². The molecule has 3 nitrogen and oxygen atoms in total. The summed E-state index contributed by atoms with van der Waals surface area (Å²) in [5.41, 5.74) is 6.41. The Morgan fingerprint density at radius 2 is 2.12 bits per heavy atom. The van der Waals surface area contributed by atoms with Gasteiger partial charge in [-0.1, -0.05) is 6.92 Å². The van der Waals surface area contributed by atoms with Crippen molar-refractivity contribution in [3.05, 3.63) is 0 Å². The van der Waals surface area contributed by atoms with Crippen LogP contribution >= 0.6 is 11.8 Å². The normalized spacial score (nSPS) is 30.4. The van der Waals surface area contributed by atoms with E-state index in [1.807, 2.05) is 11.8 Å². The van der Waals surface area contributed by atoms with E-state index in [1.54, 1.807) is 0 Å². The van der Waals surface area contributed by atoms with Crippen LogP contribution in [0.25, 0.3) is 0 Å². The summed E-state index contributed by atoms with van der Waals surface area (Å²) in [5.74, 6) is 2.89. The molecule has 0 bridgehead atoms. The van der Waals surface area contributed by atoms with Gasteiger partial charge in [0.15, 0.2) is 0 Å². The average Bonchev–Trinajstić information content (AvgIpc) is 2.37. The summed E-state index contributed by atoms with van der Waals surface area (Å²) in [4.78, 5) is 0. The highest BCUT2D eigenvalue weighted by molar-refractivity contribution is 7.99. The van der Waals surface area contributed by atoms with Gasteiger partial charge < -0.3 is 15.2 Å². The van der Waals surface area contributed by atoms with Crippen molar-refractivity contribution in [2.45, 2.75) is 44.2 Å². The Morgan fingerprint density at radius 1 is 1.35 bits per heavy atom. The summed E-state index contributed by atoms with van der Waals surface area (Å²) in [6, 6.07) is 0.337. The van der Waals surface area contributed by atoms with Gasteiger partial charge in [-0.05, 0) is 37.4 Å². The van der Waals surface area contributed by atoms with Gasteiger partial charge >= 0.3 is 0 Å². The molecule has 2 aliphatic heterocycles. The van der Waals surface area contributed by atoms with Crippen molar-refractivity contribution >= 4 is 11.8 Å². The van der Waals surface area contributed by atoms with Crippen molar-refractivity contribution in [2.75, 3.05) is 31.3 Å². The van der Waals surface area contributed by atoms with E-state index in [2.05, 4.69) is 6.92 Å². The zero-order valence-electron chi connectivity index (χ0n) is 10.8. The Morgan fingerprint density at radius 3 is 2.82 bits per heavy atom. The molecule has 2 saturated heterocycles. The zero-order valence-corrected chi connectivity index (χ0v) is 11.6. The fourth-order valence-corrected chi connectivity index (χ4v) is 3.69. The number of hydrogen-bond donors (Lipinski definition) is 1. The van der Waals surface area contributed by atoms with Crippen molar-refractivity contribution in [2.24, 2.45) is 11.7 Å². The van der Waals surface area contributed by atoms with Gasteiger partial charge in [-0.3, -0.25) is 0 Å². The smallest absolute Gasteiger partial charge is 0.0729 e. The van der Waals surface area contributed by atoms with Crippen LogP contribution in [0.2, 0.25) is 0 Å². The predicted octanol–water partition coefficient (Wildman–Crippen LogP) is 2.04. The molecule has 0 aromatic carbocycles. The van der Waals surface area contributed by atoms with Crippen LogP contribution in [0.4, 0.5) is 0 Å². The number of rotatable bonds is 4. The lowest BCUT2D eigenvalue weighted by Crippen LogP contribution is -2.48. The highest BCUT2D eigenvalue weighted by atomic mass is 32.2. The summed E-state index contributed by atoms with van der Waals surface area (Å²) < 4.78 is 11.5. The molecule has 2 N–H and O–H groups in total. The van der Waals surface area contributed by atoms with Gasteiger partial charge in [0.1, 0.15) is 0 Å². The van der Waals surface area contributed by atoms with Crippen LogP contribution in [0, 0.1) is 5.92 Å². The standard InChI is InChI=1S/C13H25NO2S/c1-2-17-10-12(14)11-3-6-16-13(9-11)4-7-15-8-5-13/h11-12H,2-10,14H2,1H3. The third kappa shape index (κ3) is 3.60. The molecule has 1 spiro atoms. The van der Waals surface area contributed by atoms with Crippen molar-refractivity contribution in [1.82, 2.24) is 0 Å².